The fourth-order valence-corrected chi connectivity index (χ4v) is 6.26. The number of aryl methyl sites for hydroxylation is 1. The Hall–Kier alpha value is -4.14. The molecular weight excluding hydrogens is 574 g/mol. The summed E-state index contributed by atoms with van der Waals surface area (Å²) in [5.41, 5.74) is 4.10. The minimum Gasteiger partial charge on any atom is -0.465 e. The highest BCUT2D eigenvalue weighted by Gasteiger charge is 2.42. The summed E-state index contributed by atoms with van der Waals surface area (Å²) in [6.45, 7) is 7.93. The summed E-state index contributed by atoms with van der Waals surface area (Å²) >= 11 is 0. The van der Waals surface area contributed by atoms with Crippen LogP contribution in [0.15, 0.2) is 66.2 Å². The Balaban J connectivity index is 1.48. The molecule has 3 aromatic rings. The first kappa shape index (κ1) is 31.3. The van der Waals surface area contributed by atoms with E-state index in [0.717, 1.165) is 35.3 Å². The highest BCUT2D eigenvalue weighted by molar-refractivity contribution is 5.90. The SMILES string of the molecule is COC(=O)c1ccc(-c2cc(C3=C(CN4C(=O)O[C@H](c5cc(C)cc(C(F)(F)F)c5)[C@@H]4C)CC(C)(C)CC3)ccc2F)cc1. The van der Waals surface area contributed by atoms with E-state index in [1.54, 1.807) is 61.2 Å². The molecule has 1 heterocycles. The van der Waals surface area contributed by atoms with Crippen LogP contribution in [0.4, 0.5) is 22.4 Å². The number of alkyl halides is 3. The fraction of sp³-hybridized carbons (Fsp3) is 0.371. The van der Waals surface area contributed by atoms with Crippen molar-refractivity contribution in [2.45, 2.75) is 65.3 Å². The van der Waals surface area contributed by atoms with Crippen molar-refractivity contribution in [3.05, 3.63) is 99.9 Å². The standard InChI is InChI=1S/C35H35F4NO4/c1-20-14-25(16-27(15-20)35(37,38)39)31-21(2)40(33(42)44-31)19-26-18-34(3,4)13-12-28(26)24-10-11-30(36)29(17-24)22-6-8-23(9-7-22)32(41)43-5/h6-11,14-17,21,31H,12-13,18-19H2,1-5H3/t21-,31-/m0/s1. The summed E-state index contributed by atoms with van der Waals surface area (Å²) in [6, 6.07) is 14.7. The van der Waals surface area contributed by atoms with Crippen molar-refractivity contribution in [1.82, 2.24) is 4.90 Å². The van der Waals surface area contributed by atoms with Crippen molar-refractivity contribution in [2.24, 2.45) is 5.41 Å². The molecule has 0 spiro atoms. The van der Waals surface area contributed by atoms with Gasteiger partial charge in [0.1, 0.15) is 11.9 Å². The second-order valence-electron chi connectivity index (χ2n) is 12.5. The van der Waals surface area contributed by atoms with Crippen LogP contribution in [-0.4, -0.2) is 36.7 Å². The summed E-state index contributed by atoms with van der Waals surface area (Å²) < 4.78 is 66.1. The molecule has 0 saturated carbocycles. The van der Waals surface area contributed by atoms with Crippen LogP contribution in [0.25, 0.3) is 16.7 Å². The van der Waals surface area contributed by atoms with Gasteiger partial charge in [0.05, 0.1) is 24.3 Å². The Morgan fingerprint density at radius 1 is 1.05 bits per heavy atom. The molecule has 1 amide bonds. The maximum Gasteiger partial charge on any atom is 0.416 e. The molecule has 1 aliphatic carbocycles. The molecule has 0 N–H and O–H groups in total. The molecule has 1 aliphatic heterocycles. The van der Waals surface area contributed by atoms with Gasteiger partial charge in [0.25, 0.3) is 0 Å². The van der Waals surface area contributed by atoms with Gasteiger partial charge in [0.2, 0.25) is 0 Å². The van der Waals surface area contributed by atoms with Gasteiger partial charge in [-0.2, -0.15) is 13.2 Å². The lowest BCUT2D eigenvalue weighted by atomic mass is 9.72. The first-order chi connectivity index (χ1) is 20.7. The van der Waals surface area contributed by atoms with Gasteiger partial charge in [0, 0.05) is 12.1 Å². The predicted molar refractivity (Wildman–Crippen MR) is 159 cm³/mol. The number of halogens is 4. The number of hydrogen-bond donors (Lipinski definition) is 0. The molecule has 0 aromatic heterocycles. The summed E-state index contributed by atoms with van der Waals surface area (Å²) in [6.07, 6.45) is -3.67. The molecule has 3 aromatic carbocycles. The quantitative estimate of drug-likeness (QED) is 0.207. The normalized spacial score (nSPS) is 20.1. The van der Waals surface area contributed by atoms with Gasteiger partial charge in [-0.3, -0.25) is 4.90 Å². The predicted octanol–water partition coefficient (Wildman–Crippen LogP) is 9.15. The lowest BCUT2D eigenvalue weighted by Gasteiger charge is -2.35. The third-order valence-electron chi connectivity index (χ3n) is 8.61. The second kappa shape index (κ2) is 11.7. The number of benzene rings is 3. The number of nitrogens with zero attached hydrogens (tertiary/aromatic N) is 1. The Labute approximate surface area is 254 Å². The van der Waals surface area contributed by atoms with E-state index in [0.29, 0.717) is 40.7 Å². The monoisotopic (exact) mass is 609 g/mol. The van der Waals surface area contributed by atoms with Crippen LogP contribution < -0.4 is 0 Å². The average molecular weight is 610 g/mol. The molecule has 0 unspecified atom stereocenters. The van der Waals surface area contributed by atoms with E-state index in [2.05, 4.69) is 13.8 Å². The van der Waals surface area contributed by atoms with Gasteiger partial charge < -0.3 is 9.47 Å². The van der Waals surface area contributed by atoms with Crippen LogP contribution in [0.1, 0.15) is 78.7 Å². The zero-order valence-electron chi connectivity index (χ0n) is 25.3. The lowest BCUT2D eigenvalue weighted by Crippen LogP contribution is -2.35. The molecule has 1 fully saturated rings. The third-order valence-corrected chi connectivity index (χ3v) is 8.61. The number of esters is 1. The summed E-state index contributed by atoms with van der Waals surface area (Å²) in [5, 5.41) is 0. The van der Waals surface area contributed by atoms with Gasteiger partial charge in [-0.05, 0) is 103 Å². The van der Waals surface area contributed by atoms with Crippen LogP contribution in [0, 0.1) is 18.2 Å². The molecule has 5 nitrogen and oxygen atoms in total. The molecule has 5 rings (SSSR count). The van der Waals surface area contributed by atoms with Gasteiger partial charge in [-0.25, -0.2) is 14.0 Å². The van der Waals surface area contributed by atoms with Gasteiger partial charge in [-0.1, -0.05) is 43.7 Å². The Bertz CT molecular complexity index is 1620. The van der Waals surface area contributed by atoms with E-state index in [1.807, 2.05) is 0 Å². The Kier molecular flexibility index (Phi) is 8.35. The van der Waals surface area contributed by atoms with Crippen molar-refractivity contribution in [2.75, 3.05) is 13.7 Å². The van der Waals surface area contributed by atoms with E-state index in [-0.39, 0.29) is 12.0 Å². The van der Waals surface area contributed by atoms with Crippen molar-refractivity contribution < 1.29 is 36.6 Å². The number of ether oxygens (including phenoxy) is 2. The number of carbonyl (C=O) groups is 2. The maximum atomic E-state index is 15.1. The van der Waals surface area contributed by atoms with E-state index in [4.69, 9.17) is 9.47 Å². The summed E-state index contributed by atoms with van der Waals surface area (Å²) in [4.78, 5) is 26.6. The molecule has 44 heavy (non-hydrogen) atoms. The number of amides is 1. The Morgan fingerprint density at radius 2 is 1.73 bits per heavy atom. The van der Waals surface area contributed by atoms with E-state index >= 15 is 4.39 Å². The highest BCUT2D eigenvalue weighted by atomic mass is 19.4. The molecule has 0 bridgehead atoms. The second-order valence-corrected chi connectivity index (χ2v) is 12.5. The highest BCUT2D eigenvalue weighted by Crippen LogP contribution is 2.45. The molecule has 9 heteroatoms. The molecule has 2 atom stereocenters. The van der Waals surface area contributed by atoms with E-state index in [9.17, 15) is 22.8 Å². The van der Waals surface area contributed by atoms with Crippen LogP contribution in [0.2, 0.25) is 0 Å². The first-order valence-electron chi connectivity index (χ1n) is 14.5. The van der Waals surface area contributed by atoms with E-state index in [1.165, 1.54) is 13.2 Å². The summed E-state index contributed by atoms with van der Waals surface area (Å²) in [7, 11) is 1.30. The largest absolute Gasteiger partial charge is 0.465 e. The Morgan fingerprint density at radius 3 is 2.39 bits per heavy atom. The average Bonchev–Trinajstić information content (AvgIpc) is 3.24. The minimum absolute atomic E-state index is 0.0458. The van der Waals surface area contributed by atoms with Crippen LogP contribution >= 0.6 is 0 Å². The zero-order valence-corrected chi connectivity index (χ0v) is 25.3. The van der Waals surface area contributed by atoms with Crippen molar-refractivity contribution >= 4 is 17.6 Å². The van der Waals surface area contributed by atoms with Crippen LogP contribution in [0.3, 0.4) is 0 Å². The van der Waals surface area contributed by atoms with Gasteiger partial charge in [-0.15, -0.1) is 0 Å². The molecule has 2 aliphatic rings. The number of cyclic esters (lactones) is 1. The third kappa shape index (κ3) is 6.37. The van der Waals surface area contributed by atoms with Crippen molar-refractivity contribution in [1.29, 1.82) is 0 Å². The number of methoxy groups -OCH3 is 1. The molecular formula is C35H35F4NO4. The lowest BCUT2D eigenvalue weighted by molar-refractivity contribution is -0.137. The van der Waals surface area contributed by atoms with Gasteiger partial charge in [0.15, 0.2) is 0 Å². The number of allylic oxidation sites excluding steroid dienone is 1. The molecule has 1 saturated heterocycles. The number of hydrogen-bond acceptors (Lipinski definition) is 4. The van der Waals surface area contributed by atoms with Gasteiger partial charge >= 0.3 is 18.2 Å². The minimum atomic E-state index is -4.52. The van der Waals surface area contributed by atoms with Crippen molar-refractivity contribution in [3.8, 4) is 11.1 Å². The number of carbonyl (C=O) groups excluding carboxylic acids is 2. The molecule has 0 radical (unpaired) electrons. The van der Waals surface area contributed by atoms with Crippen LogP contribution in [-0.2, 0) is 15.7 Å². The van der Waals surface area contributed by atoms with Crippen LogP contribution in [0.5, 0.6) is 0 Å². The van der Waals surface area contributed by atoms with E-state index < -0.39 is 41.8 Å². The topological polar surface area (TPSA) is 55.8 Å². The summed E-state index contributed by atoms with van der Waals surface area (Å²) in [5.74, 6) is -0.890. The smallest absolute Gasteiger partial charge is 0.416 e. The maximum absolute atomic E-state index is 15.1. The molecule has 232 valence electrons. The van der Waals surface area contributed by atoms with Crippen molar-refractivity contribution in [3.63, 3.8) is 0 Å². The first-order valence-corrected chi connectivity index (χ1v) is 14.5. The fourth-order valence-electron chi connectivity index (χ4n) is 6.26. The zero-order chi connectivity index (χ0) is 32.0. The number of rotatable bonds is 6.